The Balaban J connectivity index is 2.55. The van der Waals surface area contributed by atoms with Crippen molar-refractivity contribution in [1.29, 1.82) is 0 Å². The minimum atomic E-state index is -1.14. The van der Waals surface area contributed by atoms with Crippen LogP contribution in [0.4, 0.5) is 0 Å². The summed E-state index contributed by atoms with van der Waals surface area (Å²) in [5, 5.41) is 18.0. The zero-order valence-corrected chi connectivity index (χ0v) is 11.2. The first-order valence-corrected chi connectivity index (χ1v) is 6.29. The molecular weight excluding hydrogens is 264 g/mol. The molecule has 0 fully saturated rings. The van der Waals surface area contributed by atoms with Crippen LogP contribution in [0.5, 0.6) is 0 Å². The van der Waals surface area contributed by atoms with Gasteiger partial charge >= 0.3 is 17.9 Å². The first-order chi connectivity index (χ1) is 9.32. The summed E-state index contributed by atoms with van der Waals surface area (Å²) in [4.78, 5) is 33.2. The van der Waals surface area contributed by atoms with E-state index >= 15 is 0 Å². The van der Waals surface area contributed by atoms with Crippen molar-refractivity contribution < 1.29 is 29.3 Å². The van der Waals surface area contributed by atoms with Gasteiger partial charge in [-0.3, -0.25) is 9.59 Å². The molecule has 6 heteroatoms. The number of ether oxygens (including phenoxy) is 1. The SMILES string of the molecule is C=C(C)C(=O)OCCC1C=CC(C(=O)O)C(C(=O)O)C1. The zero-order chi connectivity index (χ0) is 15.3. The molecule has 1 aliphatic rings. The maximum atomic E-state index is 11.2. The van der Waals surface area contributed by atoms with E-state index in [2.05, 4.69) is 6.58 Å². The van der Waals surface area contributed by atoms with Crippen LogP contribution >= 0.6 is 0 Å². The quantitative estimate of drug-likeness (QED) is 0.434. The molecule has 3 atom stereocenters. The van der Waals surface area contributed by atoms with Crippen LogP contribution in [0.25, 0.3) is 0 Å². The maximum Gasteiger partial charge on any atom is 0.333 e. The topological polar surface area (TPSA) is 101 Å². The van der Waals surface area contributed by atoms with Crippen molar-refractivity contribution in [2.75, 3.05) is 6.61 Å². The van der Waals surface area contributed by atoms with E-state index in [1.165, 1.54) is 6.08 Å². The number of esters is 1. The second kappa shape index (κ2) is 6.88. The van der Waals surface area contributed by atoms with Gasteiger partial charge in [0.25, 0.3) is 0 Å². The lowest BCUT2D eigenvalue weighted by molar-refractivity contribution is -0.152. The molecule has 3 unspecified atom stereocenters. The lowest BCUT2D eigenvalue weighted by Crippen LogP contribution is -2.33. The minimum absolute atomic E-state index is 0.107. The molecule has 0 saturated heterocycles. The molecule has 0 heterocycles. The number of aliphatic carboxylic acids is 2. The summed E-state index contributed by atoms with van der Waals surface area (Å²) in [6, 6.07) is 0. The van der Waals surface area contributed by atoms with Crippen molar-refractivity contribution in [2.24, 2.45) is 17.8 Å². The third-order valence-electron chi connectivity index (χ3n) is 3.25. The number of carbonyl (C=O) groups is 3. The molecular formula is C14H18O6. The third-order valence-corrected chi connectivity index (χ3v) is 3.25. The van der Waals surface area contributed by atoms with E-state index in [4.69, 9.17) is 14.9 Å². The second-order valence-electron chi connectivity index (χ2n) is 4.89. The van der Waals surface area contributed by atoms with Crippen LogP contribution in [0.15, 0.2) is 24.3 Å². The molecule has 0 aromatic carbocycles. The van der Waals surface area contributed by atoms with Gasteiger partial charge in [-0.1, -0.05) is 18.7 Å². The van der Waals surface area contributed by atoms with Crippen molar-refractivity contribution in [3.8, 4) is 0 Å². The third kappa shape index (κ3) is 4.22. The number of carbonyl (C=O) groups excluding carboxylic acids is 1. The standard InChI is InChI=1S/C14H18O6/c1-8(2)14(19)20-6-5-9-3-4-10(12(15)16)11(7-9)13(17)18/h3-4,9-11H,1,5-7H2,2H3,(H,15,16)(H,17,18). The van der Waals surface area contributed by atoms with Gasteiger partial charge in [0.2, 0.25) is 0 Å². The van der Waals surface area contributed by atoms with Gasteiger partial charge in [0.15, 0.2) is 0 Å². The van der Waals surface area contributed by atoms with Crippen molar-refractivity contribution in [3.63, 3.8) is 0 Å². The normalized spacial score (nSPS) is 24.9. The van der Waals surface area contributed by atoms with Crippen molar-refractivity contribution in [3.05, 3.63) is 24.3 Å². The summed E-state index contributed by atoms with van der Waals surface area (Å²) in [6.45, 7) is 5.15. The van der Waals surface area contributed by atoms with E-state index < -0.39 is 29.7 Å². The highest BCUT2D eigenvalue weighted by molar-refractivity contribution is 5.86. The van der Waals surface area contributed by atoms with Gasteiger partial charge in [-0.25, -0.2) is 4.79 Å². The minimum Gasteiger partial charge on any atom is -0.481 e. The average Bonchev–Trinajstić information content (AvgIpc) is 2.37. The number of allylic oxidation sites excluding steroid dienone is 1. The van der Waals surface area contributed by atoms with Crippen molar-refractivity contribution in [2.45, 2.75) is 19.8 Å². The number of carboxylic acids is 2. The van der Waals surface area contributed by atoms with E-state index in [9.17, 15) is 14.4 Å². The summed E-state index contributed by atoms with van der Waals surface area (Å²) in [5.41, 5.74) is 0.304. The van der Waals surface area contributed by atoms with Gasteiger partial charge in [0.05, 0.1) is 18.4 Å². The number of hydrogen-bond acceptors (Lipinski definition) is 4. The summed E-state index contributed by atoms with van der Waals surface area (Å²) >= 11 is 0. The van der Waals surface area contributed by atoms with Crippen LogP contribution in [0.3, 0.4) is 0 Å². The molecule has 0 aromatic heterocycles. The number of carboxylic acid groups (broad SMARTS) is 2. The highest BCUT2D eigenvalue weighted by Crippen LogP contribution is 2.30. The van der Waals surface area contributed by atoms with E-state index in [0.717, 1.165) is 0 Å². The molecule has 1 aliphatic carbocycles. The van der Waals surface area contributed by atoms with E-state index in [-0.39, 0.29) is 18.9 Å². The number of hydrogen-bond donors (Lipinski definition) is 2. The fourth-order valence-corrected chi connectivity index (χ4v) is 2.11. The maximum absolute atomic E-state index is 11.2. The first-order valence-electron chi connectivity index (χ1n) is 6.29. The molecule has 20 heavy (non-hydrogen) atoms. The van der Waals surface area contributed by atoms with Crippen LogP contribution in [-0.2, 0) is 19.1 Å². The van der Waals surface area contributed by atoms with Crippen molar-refractivity contribution >= 4 is 17.9 Å². The summed E-state index contributed by atoms with van der Waals surface area (Å²) in [5.74, 6) is -4.79. The Morgan fingerprint density at radius 1 is 1.25 bits per heavy atom. The van der Waals surface area contributed by atoms with E-state index in [1.807, 2.05) is 0 Å². The molecule has 0 radical (unpaired) electrons. The Morgan fingerprint density at radius 3 is 2.40 bits per heavy atom. The molecule has 0 aromatic rings. The Bertz CT molecular complexity index is 451. The van der Waals surface area contributed by atoms with Gasteiger partial charge in [0.1, 0.15) is 0 Å². The molecule has 2 N–H and O–H groups in total. The first kappa shape index (κ1) is 15.9. The van der Waals surface area contributed by atoms with Gasteiger partial charge in [-0.2, -0.15) is 0 Å². The fraction of sp³-hybridized carbons (Fsp3) is 0.500. The second-order valence-corrected chi connectivity index (χ2v) is 4.89. The summed E-state index contributed by atoms with van der Waals surface area (Å²) in [6.07, 6.45) is 3.79. The van der Waals surface area contributed by atoms with Crippen LogP contribution < -0.4 is 0 Å². The summed E-state index contributed by atoms with van der Waals surface area (Å²) < 4.78 is 4.94. The van der Waals surface area contributed by atoms with Crippen molar-refractivity contribution in [1.82, 2.24) is 0 Å². The molecule has 110 valence electrons. The fourth-order valence-electron chi connectivity index (χ4n) is 2.11. The Kier molecular flexibility index (Phi) is 5.49. The Hall–Kier alpha value is -2.11. The summed E-state index contributed by atoms with van der Waals surface area (Å²) in [7, 11) is 0. The van der Waals surface area contributed by atoms with Crippen LogP contribution in [0, 0.1) is 17.8 Å². The average molecular weight is 282 g/mol. The van der Waals surface area contributed by atoms with Crippen LogP contribution in [0.2, 0.25) is 0 Å². The number of rotatable bonds is 6. The molecule has 0 amide bonds. The van der Waals surface area contributed by atoms with Crippen LogP contribution in [0.1, 0.15) is 19.8 Å². The molecule has 1 rings (SSSR count). The lowest BCUT2D eigenvalue weighted by atomic mass is 9.78. The Labute approximate surface area is 116 Å². The molecule has 6 nitrogen and oxygen atoms in total. The molecule has 0 aliphatic heterocycles. The van der Waals surface area contributed by atoms with Gasteiger partial charge in [-0.05, 0) is 25.7 Å². The molecule has 0 spiro atoms. The van der Waals surface area contributed by atoms with Gasteiger partial charge in [-0.15, -0.1) is 0 Å². The predicted octanol–water partition coefficient (Wildman–Crippen LogP) is 1.47. The monoisotopic (exact) mass is 282 g/mol. The largest absolute Gasteiger partial charge is 0.481 e. The Morgan fingerprint density at radius 2 is 1.90 bits per heavy atom. The van der Waals surface area contributed by atoms with E-state index in [0.29, 0.717) is 12.0 Å². The predicted molar refractivity (Wildman–Crippen MR) is 69.9 cm³/mol. The zero-order valence-electron chi connectivity index (χ0n) is 11.2. The smallest absolute Gasteiger partial charge is 0.333 e. The highest BCUT2D eigenvalue weighted by atomic mass is 16.5. The molecule has 0 saturated carbocycles. The highest BCUT2D eigenvalue weighted by Gasteiger charge is 2.36. The van der Waals surface area contributed by atoms with Crippen LogP contribution in [-0.4, -0.2) is 34.7 Å². The lowest BCUT2D eigenvalue weighted by Gasteiger charge is -2.26. The van der Waals surface area contributed by atoms with Gasteiger partial charge < -0.3 is 14.9 Å². The van der Waals surface area contributed by atoms with E-state index in [1.54, 1.807) is 13.0 Å². The molecule has 0 bridgehead atoms. The van der Waals surface area contributed by atoms with Gasteiger partial charge in [0, 0.05) is 5.57 Å².